The van der Waals surface area contributed by atoms with E-state index in [1.807, 2.05) is 6.07 Å². The molecule has 0 spiro atoms. The lowest BCUT2D eigenvalue weighted by molar-refractivity contribution is 0.0949. The van der Waals surface area contributed by atoms with E-state index in [1.165, 1.54) is 28.9 Å². The Hall–Kier alpha value is -3.80. The van der Waals surface area contributed by atoms with Crippen molar-refractivity contribution in [1.82, 2.24) is 15.1 Å². The number of amides is 1. The van der Waals surface area contributed by atoms with Gasteiger partial charge in [0.1, 0.15) is 34.9 Å². The van der Waals surface area contributed by atoms with Gasteiger partial charge >= 0.3 is 0 Å². The highest BCUT2D eigenvalue weighted by molar-refractivity contribution is 5.94. The summed E-state index contributed by atoms with van der Waals surface area (Å²) in [5, 5.41) is 16.2. The number of carbonyl (C=O) groups excluding carboxylic acids is 1. The van der Waals surface area contributed by atoms with Gasteiger partial charge in [-0.3, -0.25) is 4.79 Å². The number of nitrogens with two attached hydrogens (primary N) is 1. The van der Waals surface area contributed by atoms with Crippen molar-refractivity contribution in [3.05, 3.63) is 76.7 Å². The Bertz CT molecular complexity index is 1090. The smallest absolute Gasteiger partial charge is 0.254 e. The minimum atomic E-state index is -0.944. The number of hydrogen-bond acceptors (Lipinski definition) is 4. The zero-order chi connectivity index (χ0) is 21.0. The fourth-order valence-corrected chi connectivity index (χ4v) is 2.78. The molecular weight excluding hydrogens is 383 g/mol. The highest BCUT2D eigenvalue weighted by atomic mass is 19.1. The quantitative estimate of drug-likeness (QED) is 0.623. The monoisotopic (exact) mass is 399 g/mol. The number of halogens is 3. The van der Waals surface area contributed by atoms with Crippen molar-refractivity contribution in [3.63, 3.8) is 0 Å². The van der Waals surface area contributed by atoms with Crippen LogP contribution in [0.1, 0.15) is 28.0 Å². The van der Waals surface area contributed by atoms with Crippen LogP contribution in [0.2, 0.25) is 0 Å². The lowest BCUT2D eigenvalue weighted by Gasteiger charge is -2.06. The van der Waals surface area contributed by atoms with E-state index in [0.717, 1.165) is 12.1 Å². The molecule has 0 aliphatic rings. The summed E-state index contributed by atoms with van der Waals surface area (Å²) in [6, 6.07) is 10.2. The predicted molar refractivity (Wildman–Crippen MR) is 99.7 cm³/mol. The van der Waals surface area contributed by atoms with Crippen molar-refractivity contribution < 1.29 is 18.0 Å². The topological polar surface area (TPSA) is 96.7 Å². The van der Waals surface area contributed by atoms with E-state index >= 15 is 0 Å². The third kappa shape index (κ3) is 4.38. The number of benzene rings is 2. The third-order valence-electron chi connectivity index (χ3n) is 4.23. The summed E-state index contributed by atoms with van der Waals surface area (Å²) >= 11 is 0. The van der Waals surface area contributed by atoms with E-state index < -0.39 is 23.4 Å². The number of hydrogen-bond donors (Lipinski definition) is 2. The number of aryl methyl sites for hydroxylation is 1. The molecule has 29 heavy (non-hydrogen) atoms. The van der Waals surface area contributed by atoms with Gasteiger partial charge in [-0.05, 0) is 49.2 Å². The molecule has 0 fully saturated rings. The Morgan fingerprint density at radius 3 is 2.48 bits per heavy atom. The van der Waals surface area contributed by atoms with E-state index in [9.17, 15) is 23.2 Å². The number of carbonyl (C=O) groups is 1. The molecule has 3 N–H and O–H groups in total. The van der Waals surface area contributed by atoms with E-state index in [2.05, 4.69) is 10.4 Å². The van der Waals surface area contributed by atoms with Crippen LogP contribution in [0.15, 0.2) is 42.5 Å². The number of nitrogen functional groups attached to an aromatic ring is 1. The first kappa shape index (κ1) is 19.9. The van der Waals surface area contributed by atoms with Gasteiger partial charge < -0.3 is 11.1 Å². The fraction of sp³-hybridized carbons (Fsp3) is 0.150. The van der Waals surface area contributed by atoms with Gasteiger partial charge in [-0.25, -0.2) is 17.9 Å². The van der Waals surface area contributed by atoms with Crippen LogP contribution in [0.25, 0.3) is 5.69 Å². The first-order chi connectivity index (χ1) is 13.9. The number of anilines is 1. The van der Waals surface area contributed by atoms with Crippen molar-refractivity contribution in [2.24, 2.45) is 0 Å². The second-order valence-corrected chi connectivity index (χ2v) is 6.19. The van der Waals surface area contributed by atoms with E-state index in [4.69, 9.17) is 5.73 Å². The summed E-state index contributed by atoms with van der Waals surface area (Å²) in [7, 11) is 0. The first-order valence-electron chi connectivity index (χ1n) is 8.67. The van der Waals surface area contributed by atoms with Gasteiger partial charge in [-0.2, -0.15) is 10.4 Å². The second-order valence-electron chi connectivity index (χ2n) is 6.19. The van der Waals surface area contributed by atoms with Gasteiger partial charge in [-0.1, -0.05) is 0 Å². The standard InChI is InChI=1S/C20H16F3N5O/c21-12-3-6-14(7-4-12)28-19(25)16(11-24)18(27-28)2-1-9-26-20(29)15-8-5-13(22)10-17(15)23/h3-8,10H,1-2,9,25H2,(H,26,29). The molecule has 0 aliphatic carbocycles. The Morgan fingerprint density at radius 2 is 1.83 bits per heavy atom. The molecule has 148 valence electrons. The van der Waals surface area contributed by atoms with Gasteiger partial charge in [0, 0.05) is 12.6 Å². The summed E-state index contributed by atoms with van der Waals surface area (Å²) in [6.45, 7) is 0.184. The minimum absolute atomic E-state index is 0.131. The molecule has 0 saturated heterocycles. The Morgan fingerprint density at radius 1 is 1.14 bits per heavy atom. The normalized spacial score (nSPS) is 10.6. The number of nitrogens with one attached hydrogen (secondary N) is 1. The second kappa shape index (κ2) is 8.48. The average molecular weight is 399 g/mol. The SMILES string of the molecule is N#Cc1c(CCCNC(=O)c2ccc(F)cc2F)nn(-c2ccc(F)cc2)c1N. The van der Waals surface area contributed by atoms with Gasteiger partial charge in [0.2, 0.25) is 0 Å². The zero-order valence-corrected chi connectivity index (χ0v) is 15.1. The van der Waals surface area contributed by atoms with Crippen LogP contribution in [0.3, 0.4) is 0 Å². The third-order valence-corrected chi connectivity index (χ3v) is 4.23. The zero-order valence-electron chi connectivity index (χ0n) is 15.1. The summed E-state index contributed by atoms with van der Waals surface area (Å²) < 4.78 is 41.0. The largest absolute Gasteiger partial charge is 0.382 e. The molecule has 3 aromatic rings. The van der Waals surface area contributed by atoms with Gasteiger partial charge in [0.05, 0.1) is 16.9 Å². The van der Waals surface area contributed by atoms with Crippen LogP contribution >= 0.6 is 0 Å². The van der Waals surface area contributed by atoms with Crippen molar-refractivity contribution >= 4 is 11.7 Å². The number of nitrogens with zero attached hydrogens (tertiary/aromatic N) is 3. The maximum Gasteiger partial charge on any atom is 0.254 e. The van der Waals surface area contributed by atoms with E-state index in [0.29, 0.717) is 30.3 Å². The molecule has 9 heteroatoms. The minimum Gasteiger partial charge on any atom is -0.382 e. The molecule has 1 amide bonds. The van der Waals surface area contributed by atoms with E-state index in [-0.39, 0.29) is 23.5 Å². The van der Waals surface area contributed by atoms with E-state index in [1.54, 1.807) is 0 Å². The first-order valence-corrected chi connectivity index (χ1v) is 8.67. The number of aromatic nitrogens is 2. The van der Waals surface area contributed by atoms with Crippen LogP contribution in [0, 0.1) is 28.8 Å². The van der Waals surface area contributed by atoms with Gasteiger partial charge in [0.25, 0.3) is 5.91 Å². The maximum atomic E-state index is 13.6. The molecule has 3 rings (SSSR count). The van der Waals surface area contributed by atoms with Crippen molar-refractivity contribution in [2.75, 3.05) is 12.3 Å². The Labute approximate surface area is 164 Å². The molecule has 0 saturated carbocycles. The maximum absolute atomic E-state index is 13.6. The number of rotatable bonds is 6. The highest BCUT2D eigenvalue weighted by Gasteiger charge is 2.17. The van der Waals surface area contributed by atoms with Crippen LogP contribution in [0.4, 0.5) is 19.0 Å². The van der Waals surface area contributed by atoms with Crippen molar-refractivity contribution in [1.29, 1.82) is 5.26 Å². The molecule has 6 nitrogen and oxygen atoms in total. The van der Waals surface area contributed by atoms with Crippen molar-refractivity contribution in [3.8, 4) is 11.8 Å². The van der Waals surface area contributed by atoms with Gasteiger partial charge in [-0.15, -0.1) is 0 Å². The molecule has 2 aromatic carbocycles. The summed E-state index contributed by atoms with van der Waals surface area (Å²) in [6.07, 6.45) is 0.733. The lowest BCUT2D eigenvalue weighted by Crippen LogP contribution is -2.25. The summed E-state index contributed by atoms with van der Waals surface area (Å²) in [5.41, 5.74) is 6.86. The Balaban J connectivity index is 1.65. The highest BCUT2D eigenvalue weighted by Crippen LogP contribution is 2.21. The lowest BCUT2D eigenvalue weighted by atomic mass is 10.1. The molecule has 0 unspecified atom stereocenters. The fourth-order valence-electron chi connectivity index (χ4n) is 2.78. The van der Waals surface area contributed by atoms with Crippen LogP contribution in [0.5, 0.6) is 0 Å². The molecule has 0 radical (unpaired) electrons. The molecule has 1 heterocycles. The predicted octanol–water partition coefficient (Wildman–Crippen LogP) is 3.11. The van der Waals surface area contributed by atoms with Crippen LogP contribution in [-0.4, -0.2) is 22.2 Å². The number of nitriles is 1. The molecule has 1 aromatic heterocycles. The average Bonchev–Trinajstić information content (AvgIpc) is 3.01. The molecular formula is C20H16F3N5O. The molecule has 0 atom stereocenters. The summed E-state index contributed by atoms with van der Waals surface area (Å²) in [4.78, 5) is 12.0. The van der Waals surface area contributed by atoms with Crippen LogP contribution < -0.4 is 11.1 Å². The van der Waals surface area contributed by atoms with Crippen molar-refractivity contribution in [2.45, 2.75) is 12.8 Å². The van der Waals surface area contributed by atoms with Crippen LogP contribution in [-0.2, 0) is 6.42 Å². The Kier molecular flexibility index (Phi) is 5.83. The molecule has 0 bridgehead atoms. The summed E-state index contributed by atoms with van der Waals surface area (Å²) in [5.74, 6) is -2.66. The molecule has 0 aliphatic heterocycles. The van der Waals surface area contributed by atoms with Gasteiger partial charge in [0.15, 0.2) is 0 Å².